The minimum atomic E-state index is 1.01. The molecule has 24 heavy (non-hydrogen) atoms. The first-order chi connectivity index (χ1) is 11.7. The number of anilines is 1. The van der Waals surface area contributed by atoms with E-state index in [1.165, 1.54) is 28.2 Å². The van der Waals surface area contributed by atoms with Gasteiger partial charge in [-0.25, -0.2) is 0 Å². The van der Waals surface area contributed by atoms with Crippen molar-refractivity contribution in [1.29, 1.82) is 0 Å². The Balaban J connectivity index is 1.76. The molecule has 0 unspecified atom stereocenters. The average Bonchev–Trinajstić information content (AvgIpc) is 3.11. The van der Waals surface area contributed by atoms with Gasteiger partial charge in [0, 0.05) is 37.8 Å². The van der Waals surface area contributed by atoms with Crippen molar-refractivity contribution in [3.05, 3.63) is 103 Å². The zero-order valence-corrected chi connectivity index (χ0v) is 13.9. The second-order valence-corrected chi connectivity index (χ2v) is 6.17. The molecule has 0 spiro atoms. The van der Waals surface area contributed by atoms with Crippen LogP contribution in [0.15, 0.2) is 60.8 Å². The molecule has 3 aromatic rings. The fourth-order valence-electron chi connectivity index (χ4n) is 3.18. The highest BCUT2D eigenvalue weighted by molar-refractivity contribution is 5.89. The molecule has 1 aliphatic carbocycles. The molecule has 2 nitrogen and oxygen atoms in total. The molecule has 2 aromatic carbocycles. The van der Waals surface area contributed by atoms with E-state index in [2.05, 4.69) is 91.8 Å². The predicted molar refractivity (Wildman–Crippen MR) is 100 cm³/mol. The van der Waals surface area contributed by atoms with Crippen LogP contribution in [0, 0.1) is 31.1 Å². The molecule has 1 saturated carbocycles. The Bertz CT molecular complexity index is 848. The van der Waals surface area contributed by atoms with Gasteiger partial charge in [-0.1, -0.05) is 42.5 Å². The molecule has 1 heterocycles. The van der Waals surface area contributed by atoms with Crippen molar-refractivity contribution in [2.45, 2.75) is 0 Å². The summed E-state index contributed by atoms with van der Waals surface area (Å²) in [6.45, 7) is 0. The van der Waals surface area contributed by atoms with Gasteiger partial charge in [0.15, 0.2) is 0 Å². The third-order valence-corrected chi connectivity index (χ3v) is 4.43. The van der Waals surface area contributed by atoms with E-state index in [0.29, 0.717) is 0 Å². The summed E-state index contributed by atoms with van der Waals surface area (Å²) in [5.74, 6) is 2.41. The minimum absolute atomic E-state index is 1.01. The summed E-state index contributed by atoms with van der Waals surface area (Å²) >= 11 is 0. The topological polar surface area (TPSA) is 16.1 Å². The van der Waals surface area contributed by atoms with E-state index in [9.17, 15) is 0 Å². The number of aromatic nitrogens is 1. The summed E-state index contributed by atoms with van der Waals surface area (Å²) in [5, 5.41) is 2.54. The lowest BCUT2D eigenvalue weighted by Crippen LogP contribution is -2.13. The Hall–Kier alpha value is -2.35. The Labute approximate surface area is 144 Å². The maximum atomic E-state index is 4.60. The lowest BCUT2D eigenvalue weighted by atomic mass is 9.84. The summed E-state index contributed by atoms with van der Waals surface area (Å²) in [6.07, 6.45) is 8.32. The van der Waals surface area contributed by atoms with Gasteiger partial charge in [0.1, 0.15) is 0 Å². The summed E-state index contributed by atoms with van der Waals surface area (Å²) in [6, 6.07) is 19.2. The van der Waals surface area contributed by atoms with Gasteiger partial charge in [0.05, 0.1) is 5.69 Å². The van der Waals surface area contributed by atoms with Crippen molar-refractivity contribution >= 4 is 16.5 Å². The molecule has 0 bridgehead atoms. The summed E-state index contributed by atoms with van der Waals surface area (Å²) in [7, 11) is 4.10. The maximum absolute atomic E-state index is 4.60. The first-order valence-electron chi connectivity index (χ1n) is 8.11. The van der Waals surface area contributed by atoms with Crippen LogP contribution in [0.25, 0.3) is 10.8 Å². The van der Waals surface area contributed by atoms with E-state index in [0.717, 1.165) is 11.4 Å². The quantitative estimate of drug-likeness (QED) is 0.709. The molecular weight excluding hydrogens is 292 g/mol. The Morgan fingerprint density at radius 3 is 2.50 bits per heavy atom. The normalized spacial score (nSPS) is 15.9. The van der Waals surface area contributed by atoms with Crippen molar-refractivity contribution in [3.8, 4) is 0 Å². The van der Waals surface area contributed by atoms with E-state index in [-0.39, 0.29) is 0 Å². The molecule has 1 aromatic heterocycles. The first-order valence-corrected chi connectivity index (χ1v) is 8.11. The van der Waals surface area contributed by atoms with Gasteiger partial charge >= 0.3 is 0 Å². The molecular formula is C22H19N2. The lowest BCUT2D eigenvalue weighted by molar-refractivity contribution is 1.05. The van der Waals surface area contributed by atoms with E-state index >= 15 is 0 Å². The van der Waals surface area contributed by atoms with E-state index in [4.69, 9.17) is 0 Å². The van der Waals surface area contributed by atoms with Crippen LogP contribution in [0.4, 0.5) is 5.69 Å². The highest BCUT2D eigenvalue weighted by Crippen LogP contribution is 2.44. The zero-order valence-electron chi connectivity index (χ0n) is 13.9. The summed E-state index contributed by atoms with van der Waals surface area (Å²) in [4.78, 5) is 6.71. The van der Waals surface area contributed by atoms with Gasteiger partial charge in [0.25, 0.3) is 0 Å². The number of benzene rings is 2. The van der Waals surface area contributed by atoms with Crippen LogP contribution in [0.1, 0.15) is 11.3 Å². The number of fused-ring (bicyclic) bond motifs is 1. The molecule has 0 amide bonds. The van der Waals surface area contributed by atoms with Gasteiger partial charge in [-0.05, 0) is 47.7 Å². The molecule has 117 valence electrons. The number of rotatable bonds is 3. The number of hydrogen-bond donors (Lipinski definition) is 0. The third-order valence-electron chi connectivity index (χ3n) is 4.43. The molecule has 0 atom stereocenters. The van der Waals surface area contributed by atoms with Gasteiger partial charge in [0.2, 0.25) is 0 Å². The highest BCUT2D eigenvalue weighted by Gasteiger charge is 2.33. The lowest BCUT2D eigenvalue weighted by Gasteiger charge is -2.21. The molecule has 1 fully saturated rings. The second kappa shape index (κ2) is 6.27. The van der Waals surface area contributed by atoms with Crippen LogP contribution in [0.2, 0.25) is 0 Å². The van der Waals surface area contributed by atoms with Crippen molar-refractivity contribution in [3.63, 3.8) is 0 Å². The number of pyridine rings is 1. The highest BCUT2D eigenvalue weighted by atomic mass is 15.1. The monoisotopic (exact) mass is 311 g/mol. The Morgan fingerprint density at radius 1 is 0.833 bits per heavy atom. The fraction of sp³-hybridized carbons (Fsp3) is 0.0909. The van der Waals surface area contributed by atoms with Crippen LogP contribution in [-0.4, -0.2) is 19.1 Å². The minimum Gasteiger partial charge on any atom is -0.378 e. The van der Waals surface area contributed by atoms with Gasteiger partial charge in [-0.2, -0.15) is 0 Å². The molecule has 1 aliphatic rings. The second-order valence-electron chi connectivity index (χ2n) is 6.17. The molecule has 4 rings (SSSR count). The predicted octanol–water partition coefficient (Wildman–Crippen LogP) is 4.47. The van der Waals surface area contributed by atoms with Crippen molar-refractivity contribution in [2.75, 3.05) is 19.0 Å². The largest absolute Gasteiger partial charge is 0.378 e. The molecule has 0 aliphatic heterocycles. The molecule has 2 heteroatoms. The number of hydrogen-bond acceptors (Lipinski definition) is 2. The molecule has 0 N–H and O–H groups in total. The fourth-order valence-corrected chi connectivity index (χ4v) is 3.18. The van der Waals surface area contributed by atoms with Crippen molar-refractivity contribution in [2.24, 2.45) is 0 Å². The van der Waals surface area contributed by atoms with Crippen LogP contribution in [-0.2, 0) is 0 Å². The van der Waals surface area contributed by atoms with Gasteiger partial charge in [-0.15, -0.1) is 0 Å². The van der Waals surface area contributed by atoms with Crippen LogP contribution < -0.4 is 4.90 Å². The number of nitrogens with zero attached hydrogens (tertiary/aromatic N) is 2. The van der Waals surface area contributed by atoms with Crippen molar-refractivity contribution < 1.29 is 0 Å². The molecule has 0 saturated heterocycles. The van der Waals surface area contributed by atoms with Crippen LogP contribution in [0.5, 0.6) is 0 Å². The smallest absolute Gasteiger partial charge is 0.0508 e. The summed E-state index contributed by atoms with van der Waals surface area (Å²) < 4.78 is 0. The maximum Gasteiger partial charge on any atom is 0.0508 e. The zero-order chi connectivity index (χ0) is 16.5. The van der Waals surface area contributed by atoms with Crippen LogP contribution >= 0.6 is 0 Å². The standard InChI is InChI=1S/C22H19N2/c1-24(2)17-13-14-23-22(15-17)21-12-6-11-20(21)19-10-5-8-16-7-3-4-9-18(16)19/h3-15H,1-2H3. The SMILES string of the molecule is CN(C)c1ccnc([C]2[CH][CH][CH][C]2c2cccc3ccccc23)c1. The average molecular weight is 311 g/mol. The van der Waals surface area contributed by atoms with E-state index in [1.54, 1.807) is 0 Å². The Morgan fingerprint density at radius 2 is 1.62 bits per heavy atom. The van der Waals surface area contributed by atoms with E-state index in [1.807, 2.05) is 12.3 Å². The Kier molecular flexibility index (Phi) is 3.97. The first kappa shape index (κ1) is 15.2. The third kappa shape index (κ3) is 2.66. The van der Waals surface area contributed by atoms with Gasteiger partial charge < -0.3 is 4.90 Å². The van der Waals surface area contributed by atoms with Crippen LogP contribution in [0.3, 0.4) is 0 Å². The van der Waals surface area contributed by atoms with Crippen molar-refractivity contribution in [1.82, 2.24) is 4.98 Å². The van der Waals surface area contributed by atoms with E-state index < -0.39 is 0 Å². The van der Waals surface area contributed by atoms with Gasteiger partial charge in [-0.3, -0.25) is 4.98 Å². The molecule has 5 radical (unpaired) electrons. The summed E-state index contributed by atoms with van der Waals surface area (Å²) in [5.41, 5.74) is 3.42.